The van der Waals surface area contributed by atoms with Crippen LogP contribution in [0.25, 0.3) is 0 Å². The summed E-state index contributed by atoms with van der Waals surface area (Å²) >= 11 is 0. The van der Waals surface area contributed by atoms with Gasteiger partial charge in [-0.2, -0.15) is 0 Å². The fourth-order valence-corrected chi connectivity index (χ4v) is 4.20. The molecule has 0 aromatic heterocycles. The van der Waals surface area contributed by atoms with Gasteiger partial charge >= 0.3 is 0 Å². The van der Waals surface area contributed by atoms with Gasteiger partial charge in [-0.25, -0.2) is 0 Å². The summed E-state index contributed by atoms with van der Waals surface area (Å²) in [5, 5.41) is 0. The van der Waals surface area contributed by atoms with E-state index in [-0.39, 0.29) is 5.41 Å². The SMILES string of the molecule is CCC1CC(C)(C)CC(C)(c2cccc(OC)c2)C1. The minimum Gasteiger partial charge on any atom is -0.497 e. The van der Waals surface area contributed by atoms with E-state index < -0.39 is 0 Å². The van der Waals surface area contributed by atoms with E-state index in [1.165, 1.54) is 31.2 Å². The van der Waals surface area contributed by atoms with Crippen molar-refractivity contribution in [3.63, 3.8) is 0 Å². The van der Waals surface area contributed by atoms with E-state index in [0.29, 0.717) is 5.41 Å². The first-order valence-corrected chi connectivity index (χ1v) is 7.53. The first-order chi connectivity index (χ1) is 8.88. The van der Waals surface area contributed by atoms with Crippen molar-refractivity contribution >= 4 is 0 Å². The predicted molar refractivity (Wildman–Crippen MR) is 81.8 cm³/mol. The van der Waals surface area contributed by atoms with Gasteiger partial charge in [0, 0.05) is 0 Å². The normalized spacial score (nSPS) is 30.1. The van der Waals surface area contributed by atoms with Crippen LogP contribution in [0.2, 0.25) is 0 Å². The van der Waals surface area contributed by atoms with Crippen molar-refractivity contribution in [3.05, 3.63) is 29.8 Å². The highest BCUT2D eigenvalue weighted by molar-refractivity contribution is 5.34. The predicted octanol–water partition coefficient (Wildman–Crippen LogP) is 5.19. The first kappa shape index (κ1) is 14.4. The average molecular weight is 260 g/mol. The number of ether oxygens (including phenoxy) is 1. The number of benzene rings is 1. The maximum Gasteiger partial charge on any atom is 0.119 e. The Morgan fingerprint density at radius 2 is 1.95 bits per heavy atom. The Morgan fingerprint density at radius 3 is 2.58 bits per heavy atom. The largest absolute Gasteiger partial charge is 0.497 e. The van der Waals surface area contributed by atoms with E-state index in [1.54, 1.807) is 7.11 Å². The highest BCUT2D eigenvalue weighted by Crippen LogP contribution is 2.51. The summed E-state index contributed by atoms with van der Waals surface area (Å²) in [6.45, 7) is 9.61. The molecule has 0 saturated heterocycles. The molecule has 1 nitrogen and oxygen atoms in total. The maximum absolute atomic E-state index is 5.40. The van der Waals surface area contributed by atoms with E-state index in [9.17, 15) is 0 Å². The van der Waals surface area contributed by atoms with E-state index in [0.717, 1.165) is 11.7 Å². The molecule has 2 rings (SSSR count). The third-order valence-electron chi connectivity index (χ3n) is 4.79. The third-order valence-corrected chi connectivity index (χ3v) is 4.79. The van der Waals surface area contributed by atoms with Crippen molar-refractivity contribution in [3.8, 4) is 5.75 Å². The molecule has 1 aliphatic rings. The maximum atomic E-state index is 5.40. The second-order valence-electron chi connectivity index (χ2n) is 7.32. The molecule has 1 fully saturated rings. The smallest absolute Gasteiger partial charge is 0.119 e. The molecule has 2 unspecified atom stereocenters. The topological polar surface area (TPSA) is 9.23 Å². The Kier molecular flexibility index (Phi) is 3.94. The summed E-state index contributed by atoms with van der Waals surface area (Å²) in [7, 11) is 1.75. The molecule has 0 heterocycles. The summed E-state index contributed by atoms with van der Waals surface area (Å²) in [5.41, 5.74) is 2.17. The van der Waals surface area contributed by atoms with Gasteiger partial charge in [-0.1, -0.05) is 46.2 Å². The molecule has 0 amide bonds. The van der Waals surface area contributed by atoms with Gasteiger partial charge in [-0.15, -0.1) is 0 Å². The standard InChI is InChI=1S/C18H28O/c1-6-14-11-17(2,3)13-18(4,12-14)15-8-7-9-16(10-15)19-5/h7-10,14H,6,11-13H2,1-5H3. The van der Waals surface area contributed by atoms with Crippen LogP contribution in [-0.4, -0.2) is 7.11 Å². The van der Waals surface area contributed by atoms with Crippen molar-refractivity contribution < 1.29 is 4.74 Å². The summed E-state index contributed by atoms with van der Waals surface area (Å²) < 4.78 is 5.40. The van der Waals surface area contributed by atoms with Crippen molar-refractivity contribution in [2.45, 2.75) is 58.8 Å². The van der Waals surface area contributed by atoms with E-state index >= 15 is 0 Å². The van der Waals surface area contributed by atoms with Crippen LogP contribution >= 0.6 is 0 Å². The quantitative estimate of drug-likeness (QED) is 0.726. The monoisotopic (exact) mass is 260 g/mol. The number of hydrogen-bond donors (Lipinski definition) is 0. The lowest BCUT2D eigenvalue weighted by atomic mass is 9.58. The molecule has 0 radical (unpaired) electrons. The Balaban J connectivity index is 2.34. The zero-order valence-corrected chi connectivity index (χ0v) is 13.1. The Bertz CT molecular complexity index is 435. The van der Waals surface area contributed by atoms with Gasteiger partial charge in [0.2, 0.25) is 0 Å². The Morgan fingerprint density at radius 1 is 1.21 bits per heavy atom. The van der Waals surface area contributed by atoms with E-state index in [2.05, 4.69) is 45.9 Å². The average Bonchev–Trinajstić information content (AvgIpc) is 2.36. The second kappa shape index (κ2) is 5.19. The lowest BCUT2D eigenvalue weighted by Gasteiger charge is -2.47. The molecule has 0 bridgehead atoms. The zero-order valence-electron chi connectivity index (χ0n) is 13.1. The molecule has 1 aromatic rings. The zero-order chi connectivity index (χ0) is 14.1. The highest BCUT2D eigenvalue weighted by Gasteiger charge is 2.41. The molecule has 1 saturated carbocycles. The number of hydrogen-bond acceptors (Lipinski definition) is 1. The van der Waals surface area contributed by atoms with Crippen molar-refractivity contribution in [1.29, 1.82) is 0 Å². The minimum atomic E-state index is 0.289. The van der Waals surface area contributed by atoms with Crippen LogP contribution in [0.5, 0.6) is 5.75 Å². The molecule has 0 spiro atoms. The van der Waals surface area contributed by atoms with Gasteiger partial charge in [0.1, 0.15) is 5.75 Å². The van der Waals surface area contributed by atoms with Crippen molar-refractivity contribution in [1.82, 2.24) is 0 Å². The molecule has 106 valence electrons. The van der Waals surface area contributed by atoms with Crippen LogP contribution in [0.4, 0.5) is 0 Å². The molecule has 0 aliphatic heterocycles. The van der Waals surface area contributed by atoms with Crippen LogP contribution in [-0.2, 0) is 5.41 Å². The molecule has 1 aliphatic carbocycles. The summed E-state index contributed by atoms with van der Waals surface area (Å²) in [6, 6.07) is 8.67. The van der Waals surface area contributed by atoms with Gasteiger partial charge < -0.3 is 4.74 Å². The minimum absolute atomic E-state index is 0.289. The lowest BCUT2D eigenvalue weighted by molar-refractivity contribution is 0.104. The van der Waals surface area contributed by atoms with Gasteiger partial charge in [-0.3, -0.25) is 0 Å². The molecule has 2 atom stereocenters. The summed E-state index contributed by atoms with van der Waals surface area (Å²) in [6.07, 6.45) is 5.23. The molecule has 19 heavy (non-hydrogen) atoms. The molecular formula is C18H28O. The molecule has 0 N–H and O–H groups in total. The van der Waals surface area contributed by atoms with Crippen LogP contribution in [0, 0.1) is 11.3 Å². The molecule has 1 aromatic carbocycles. The van der Waals surface area contributed by atoms with Crippen molar-refractivity contribution in [2.24, 2.45) is 11.3 Å². The Labute approximate surface area is 118 Å². The van der Waals surface area contributed by atoms with Crippen molar-refractivity contribution in [2.75, 3.05) is 7.11 Å². The molecular weight excluding hydrogens is 232 g/mol. The van der Waals surface area contributed by atoms with Gasteiger partial charge in [0.15, 0.2) is 0 Å². The Hall–Kier alpha value is -0.980. The van der Waals surface area contributed by atoms with E-state index in [4.69, 9.17) is 4.74 Å². The lowest BCUT2D eigenvalue weighted by Crippen LogP contribution is -2.38. The van der Waals surface area contributed by atoms with Crippen LogP contribution in [0.15, 0.2) is 24.3 Å². The van der Waals surface area contributed by atoms with Gasteiger partial charge in [-0.05, 0) is 53.7 Å². The van der Waals surface area contributed by atoms with Gasteiger partial charge in [0.05, 0.1) is 7.11 Å². The fraction of sp³-hybridized carbons (Fsp3) is 0.667. The molecule has 1 heteroatoms. The highest BCUT2D eigenvalue weighted by atomic mass is 16.5. The van der Waals surface area contributed by atoms with Crippen LogP contribution in [0.3, 0.4) is 0 Å². The summed E-state index contributed by atoms with van der Waals surface area (Å²) in [5.74, 6) is 1.83. The van der Waals surface area contributed by atoms with Gasteiger partial charge in [0.25, 0.3) is 0 Å². The number of methoxy groups -OCH3 is 1. The van der Waals surface area contributed by atoms with Crippen LogP contribution in [0.1, 0.15) is 58.9 Å². The first-order valence-electron chi connectivity index (χ1n) is 7.53. The summed E-state index contributed by atoms with van der Waals surface area (Å²) in [4.78, 5) is 0. The third kappa shape index (κ3) is 3.13. The number of rotatable bonds is 3. The second-order valence-corrected chi connectivity index (χ2v) is 7.32. The van der Waals surface area contributed by atoms with Crippen LogP contribution < -0.4 is 4.74 Å². The van der Waals surface area contributed by atoms with E-state index in [1.807, 2.05) is 6.07 Å². The fourth-order valence-electron chi connectivity index (χ4n) is 4.20.